The number of hydrogen-bond acceptors (Lipinski definition) is 3. The predicted octanol–water partition coefficient (Wildman–Crippen LogP) is 3.30. The van der Waals surface area contributed by atoms with Crippen molar-refractivity contribution >= 4 is 29.9 Å². The van der Waals surface area contributed by atoms with Crippen molar-refractivity contribution in [2.75, 3.05) is 26.7 Å². The Morgan fingerprint density at radius 1 is 1.33 bits per heavy atom. The number of halogens is 1. The van der Waals surface area contributed by atoms with E-state index in [9.17, 15) is 0 Å². The van der Waals surface area contributed by atoms with Crippen LogP contribution in [0.25, 0.3) is 0 Å². The summed E-state index contributed by atoms with van der Waals surface area (Å²) in [5.41, 5.74) is 1.19. The van der Waals surface area contributed by atoms with Gasteiger partial charge in [0.25, 0.3) is 0 Å². The third-order valence-electron chi connectivity index (χ3n) is 4.37. The summed E-state index contributed by atoms with van der Waals surface area (Å²) in [5, 5.41) is 6.95. The van der Waals surface area contributed by atoms with Crippen LogP contribution >= 0.6 is 24.0 Å². The van der Waals surface area contributed by atoms with Gasteiger partial charge in [-0.15, -0.1) is 24.0 Å². The lowest BCUT2D eigenvalue weighted by molar-refractivity contribution is 0.187. The summed E-state index contributed by atoms with van der Waals surface area (Å²) in [6, 6.07) is 2.59. The Labute approximate surface area is 163 Å². The number of nitrogens with zero attached hydrogens (tertiary/aromatic N) is 2. The van der Waals surface area contributed by atoms with Crippen LogP contribution in [0.2, 0.25) is 0 Å². The zero-order chi connectivity index (χ0) is 16.8. The summed E-state index contributed by atoms with van der Waals surface area (Å²) in [7, 11) is 1.83. The summed E-state index contributed by atoms with van der Waals surface area (Å²) in [5.74, 6) is 3.56. The smallest absolute Gasteiger partial charge is 0.191 e. The van der Waals surface area contributed by atoms with Gasteiger partial charge in [-0.25, -0.2) is 0 Å². The quantitative estimate of drug-likeness (QED) is 0.413. The van der Waals surface area contributed by atoms with Crippen molar-refractivity contribution in [3.8, 4) is 0 Å². The molecule has 1 aromatic heterocycles. The van der Waals surface area contributed by atoms with Gasteiger partial charge in [0.2, 0.25) is 0 Å². The minimum atomic E-state index is 0. The maximum absolute atomic E-state index is 5.57. The fourth-order valence-electron chi connectivity index (χ4n) is 3.20. The first-order valence-electron chi connectivity index (χ1n) is 8.73. The van der Waals surface area contributed by atoms with Gasteiger partial charge in [-0.3, -0.25) is 4.99 Å². The Morgan fingerprint density at radius 2 is 2.00 bits per heavy atom. The Morgan fingerprint density at radius 3 is 2.50 bits per heavy atom. The van der Waals surface area contributed by atoms with E-state index in [-0.39, 0.29) is 24.0 Å². The molecule has 0 amide bonds. The molecular weight excluding hydrogens is 415 g/mol. The van der Waals surface area contributed by atoms with E-state index >= 15 is 0 Å². The second kappa shape index (κ2) is 10.3. The van der Waals surface area contributed by atoms with Crippen LogP contribution in [0.1, 0.15) is 43.8 Å². The molecule has 5 nitrogen and oxygen atoms in total. The van der Waals surface area contributed by atoms with E-state index in [2.05, 4.69) is 40.4 Å². The molecule has 1 aromatic rings. The van der Waals surface area contributed by atoms with Gasteiger partial charge in [0.05, 0.1) is 0 Å². The monoisotopic (exact) mass is 448 g/mol. The van der Waals surface area contributed by atoms with E-state index in [1.165, 1.54) is 38.0 Å². The zero-order valence-corrected chi connectivity index (χ0v) is 18.0. The van der Waals surface area contributed by atoms with Crippen LogP contribution < -0.4 is 10.6 Å². The van der Waals surface area contributed by atoms with E-state index < -0.39 is 0 Å². The largest absolute Gasteiger partial charge is 0.466 e. The van der Waals surface area contributed by atoms with E-state index in [1.54, 1.807) is 0 Å². The van der Waals surface area contributed by atoms with Crippen LogP contribution in [0.4, 0.5) is 0 Å². The highest BCUT2D eigenvalue weighted by Crippen LogP contribution is 2.14. The fourth-order valence-corrected chi connectivity index (χ4v) is 3.20. The van der Waals surface area contributed by atoms with Gasteiger partial charge in [-0.1, -0.05) is 13.8 Å². The number of rotatable bonds is 5. The molecule has 0 saturated carbocycles. The van der Waals surface area contributed by atoms with Crippen LogP contribution in [0.5, 0.6) is 0 Å². The van der Waals surface area contributed by atoms with Gasteiger partial charge < -0.3 is 20.0 Å². The Hall–Kier alpha value is -0.760. The van der Waals surface area contributed by atoms with Gasteiger partial charge in [0, 0.05) is 44.8 Å². The molecule has 2 rings (SSSR count). The molecule has 0 unspecified atom stereocenters. The second-order valence-electron chi connectivity index (χ2n) is 6.98. The topological polar surface area (TPSA) is 52.8 Å². The van der Waals surface area contributed by atoms with E-state index in [1.807, 2.05) is 20.9 Å². The average Bonchev–Trinajstić information content (AvgIpc) is 2.82. The molecule has 138 valence electrons. The lowest BCUT2D eigenvalue weighted by Gasteiger charge is -2.33. The van der Waals surface area contributed by atoms with Crippen LogP contribution in [0.15, 0.2) is 15.5 Å². The molecule has 0 aliphatic carbocycles. The van der Waals surface area contributed by atoms with Crippen molar-refractivity contribution in [1.29, 1.82) is 0 Å². The van der Waals surface area contributed by atoms with Crippen molar-refractivity contribution in [1.82, 2.24) is 15.5 Å². The number of nitrogens with one attached hydrogen (secondary N) is 2. The molecule has 0 spiro atoms. The molecule has 2 N–H and O–H groups in total. The minimum absolute atomic E-state index is 0. The Bertz CT molecular complexity index is 519. The van der Waals surface area contributed by atoms with Crippen molar-refractivity contribution in [2.45, 2.75) is 53.1 Å². The zero-order valence-electron chi connectivity index (χ0n) is 15.7. The molecule has 0 aromatic carbocycles. The molecule has 1 fully saturated rings. The van der Waals surface area contributed by atoms with Crippen molar-refractivity contribution in [2.24, 2.45) is 10.9 Å². The van der Waals surface area contributed by atoms with Crippen LogP contribution in [0.3, 0.4) is 0 Å². The van der Waals surface area contributed by atoms with Crippen LogP contribution in [-0.2, 0) is 6.54 Å². The van der Waals surface area contributed by atoms with Crippen LogP contribution in [-0.4, -0.2) is 43.6 Å². The van der Waals surface area contributed by atoms with E-state index in [0.29, 0.717) is 6.04 Å². The maximum Gasteiger partial charge on any atom is 0.191 e. The number of piperidine rings is 1. The molecule has 2 heterocycles. The normalized spacial score (nSPS) is 17.0. The van der Waals surface area contributed by atoms with Gasteiger partial charge >= 0.3 is 0 Å². The van der Waals surface area contributed by atoms with Gasteiger partial charge in [0.15, 0.2) is 5.96 Å². The molecular formula is C18H33IN4O. The minimum Gasteiger partial charge on any atom is -0.466 e. The summed E-state index contributed by atoms with van der Waals surface area (Å²) in [4.78, 5) is 6.92. The lowest BCUT2D eigenvalue weighted by Crippen LogP contribution is -2.49. The number of aryl methyl sites for hydroxylation is 2. The third-order valence-corrected chi connectivity index (χ3v) is 4.37. The summed E-state index contributed by atoms with van der Waals surface area (Å²) >= 11 is 0. The highest BCUT2D eigenvalue weighted by atomic mass is 127. The van der Waals surface area contributed by atoms with Gasteiger partial charge in [-0.2, -0.15) is 0 Å². The van der Waals surface area contributed by atoms with Crippen molar-refractivity contribution in [3.63, 3.8) is 0 Å². The molecule has 1 saturated heterocycles. The average molecular weight is 448 g/mol. The number of aliphatic imine (C=N–C) groups is 1. The second-order valence-corrected chi connectivity index (χ2v) is 6.98. The third kappa shape index (κ3) is 6.63. The fraction of sp³-hybridized carbons (Fsp3) is 0.722. The number of guanidine groups is 1. The number of likely N-dealkylation sites (tertiary alicyclic amines) is 1. The van der Waals surface area contributed by atoms with Gasteiger partial charge in [0.1, 0.15) is 11.5 Å². The molecule has 24 heavy (non-hydrogen) atoms. The SMILES string of the molecule is CN=C(NCc1cc(C)oc1C)NC1CCN(CC(C)C)CC1.I. The summed E-state index contributed by atoms with van der Waals surface area (Å²) in [6.45, 7) is 12.9. The molecule has 6 heteroatoms. The van der Waals surface area contributed by atoms with E-state index in [4.69, 9.17) is 4.42 Å². The number of hydrogen-bond donors (Lipinski definition) is 2. The Kier molecular flexibility index (Phi) is 9.12. The molecule has 1 aliphatic heterocycles. The predicted molar refractivity (Wildman–Crippen MR) is 111 cm³/mol. The van der Waals surface area contributed by atoms with Crippen molar-refractivity contribution < 1.29 is 4.42 Å². The summed E-state index contributed by atoms with van der Waals surface area (Å²) in [6.07, 6.45) is 2.36. The highest BCUT2D eigenvalue weighted by molar-refractivity contribution is 14.0. The standard InChI is InChI=1S/C18H32N4O.HI/c1-13(2)12-22-8-6-17(7-9-22)21-18(19-5)20-11-16-10-14(3)23-15(16)4;/h10,13,17H,6-9,11-12H2,1-5H3,(H2,19,20,21);1H. The summed E-state index contributed by atoms with van der Waals surface area (Å²) < 4.78 is 5.57. The first-order chi connectivity index (χ1) is 11.0. The maximum atomic E-state index is 5.57. The first kappa shape index (κ1) is 21.3. The first-order valence-corrected chi connectivity index (χ1v) is 8.73. The highest BCUT2D eigenvalue weighted by Gasteiger charge is 2.20. The van der Waals surface area contributed by atoms with Crippen LogP contribution in [0, 0.1) is 19.8 Å². The molecule has 0 bridgehead atoms. The Balaban J connectivity index is 0.00000288. The lowest BCUT2D eigenvalue weighted by atomic mass is 10.0. The van der Waals surface area contributed by atoms with E-state index in [0.717, 1.165) is 29.9 Å². The molecule has 0 radical (unpaired) electrons. The molecule has 1 aliphatic rings. The molecule has 0 atom stereocenters. The van der Waals surface area contributed by atoms with Gasteiger partial charge in [-0.05, 0) is 38.7 Å². The van der Waals surface area contributed by atoms with Crippen molar-refractivity contribution in [3.05, 3.63) is 23.2 Å². The number of furan rings is 1.